The summed E-state index contributed by atoms with van der Waals surface area (Å²) < 4.78 is 11.0. The Morgan fingerprint density at radius 2 is 1.96 bits per heavy atom. The number of hydrogen-bond acceptors (Lipinski definition) is 4. The van der Waals surface area contributed by atoms with Crippen LogP contribution in [0.3, 0.4) is 0 Å². The van der Waals surface area contributed by atoms with Gasteiger partial charge in [-0.05, 0) is 30.5 Å². The van der Waals surface area contributed by atoms with E-state index in [1.54, 1.807) is 0 Å². The van der Waals surface area contributed by atoms with Crippen molar-refractivity contribution in [3.05, 3.63) is 23.2 Å². The van der Waals surface area contributed by atoms with Crippen LogP contribution in [0.25, 0.3) is 0 Å². The minimum Gasteiger partial charge on any atom is -0.378 e. The van der Waals surface area contributed by atoms with Gasteiger partial charge in [-0.2, -0.15) is 0 Å². The highest BCUT2D eigenvalue weighted by molar-refractivity contribution is 6.31. The third-order valence-corrected chi connectivity index (χ3v) is 5.02. The van der Waals surface area contributed by atoms with Crippen molar-refractivity contribution in [3.63, 3.8) is 0 Å². The first-order valence-electron chi connectivity index (χ1n) is 9.32. The van der Waals surface area contributed by atoms with Crippen LogP contribution in [0.1, 0.15) is 20.3 Å². The zero-order valence-corrected chi connectivity index (χ0v) is 16.3. The number of anilines is 2. The Kier molecular flexibility index (Phi) is 6.62. The van der Waals surface area contributed by atoms with Crippen LogP contribution in [0.2, 0.25) is 5.02 Å². The highest BCUT2D eigenvalue weighted by atomic mass is 35.5. The highest BCUT2D eigenvalue weighted by Gasteiger charge is 2.28. The fourth-order valence-electron chi connectivity index (χ4n) is 3.54. The number of rotatable bonds is 4. The summed E-state index contributed by atoms with van der Waals surface area (Å²) in [4.78, 5) is 17.1. The molecule has 1 atom stereocenters. The largest absolute Gasteiger partial charge is 0.378 e. The Hall–Kier alpha value is -1.50. The topological polar surface area (TPSA) is 54.0 Å². The number of nitrogens with one attached hydrogen (secondary N) is 1. The molecule has 0 saturated carbocycles. The molecular formula is C19H28ClN3O3. The maximum Gasteiger partial charge on any atom is 0.322 e. The monoisotopic (exact) mass is 381 g/mol. The van der Waals surface area contributed by atoms with Crippen molar-refractivity contribution in [1.29, 1.82) is 0 Å². The Labute approximate surface area is 160 Å². The van der Waals surface area contributed by atoms with Crippen molar-refractivity contribution in [2.24, 2.45) is 5.92 Å². The predicted molar refractivity (Wildman–Crippen MR) is 104 cm³/mol. The van der Waals surface area contributed by atoms with Gasteiger partial charge in [-0.3, -0.25) is 0 Å². The average molecular weight is 382 g/mol. The molecule has 1 unspecified atom stereocenters. The maximum atomic E-state index is 13.0. The molecule has 0 spiro atoms. The lowest BCUT2D eigenvalue weighted by Crippen LogP contribution is -2.51. The Bertz CT molecular complexity index is 620. The quantitative estimate of drug-likeness (QED) is 0.867. The molecule has 3 rings (SSSR count). The van der Waals surface area contributed by atoms with Crippen molar-refractivity contribution in [3.8, 4) is 0 Å². The molecular weight excluding hydrogens is 354 g/mol. The van der Waals surface area contributed by atoms with Gasteiger partial charge in [0, 0.05) is 24.7 Å². The molecule has 1 aromatic carbocycles. The molecule has 2 saturated heterocycles. The third kappa shape index (κ3) is 4.81. The first kappa shape index (κ1) is 19.3. The average Bonchev–Trinajstić information content (AvgIpc) is 2.62. The van der Waals surface area contributed by atoms with Crippen molar-refractivity contribution >= 4 is 29.0 Å². The van der Waals surface area contributed by atoms with E-state index in [-0.39, 0.29) is 12.1 Å². The van der Waals surface area contributed by atoms with E-state index in [2.05, 4.69) is 24.1 Å². The Morgan fingerprint density at radius 3 is 2.69 bits per heavy atom. The van der Waals surface area contributed by atoms with E-state index in [0.29, 0.717) is 43.9 Å². The van der Waals surface area contributed by atoms with Gasteiger partial charge in [0.15, 0.2) is 0 Å². The van der Waals surface area contributed by atoms with Gasteiger partial charge in [0.05, 0.1) is 43.8 Å². The van der Waals surface area contributed by atoms with Gasteiger partial charge in [-0.15, -0.1) is 0 Å². The molecule has 2 aliphatic heterocycles. The van der Waals surface area contributed by atoms with Crippen LogP contribution in [0.5, 0.6) is 0 Å². The fraction of sp³-hybridized carbons (Fsp3) is 0.632. The van der Waals surface area contributed by atoms with Crippen molar-refractivity contribution < 1.29 is 14.3 Å². The molecule has 0 aromatic heterocycles. The van der Waals surface area contributed by atoms with Gasteiger partial charge >= 0.3 is 6.03 Å². The van der Waals surface area contributed by atoms with Crippen LogP contribution >= 0.6 is 11.6 Å². The number of ether oxygens (including phenoxy) is 2. The molecule has 2 amide bonds. The molecule has 1 N–H and O–H groups in total. The lowest BCUT2D eigenvalue weighted by Gasteiger charge is -2.37. The summed E-state index contributed by atoms with van der Waals surface area (Å²) in [5, 5.41) is 3.70. The molecule has 0 bridgehead atoms. The lowest BCUT2D eigenvalue weighted by molar-refractivity contribution is 0.00857. The van der Waals surface area contributed by atoms with Crippen LogP contribution in [-0.2, 0) is 9.47 Å². The minimum absolute atomic E-state index is 0.0873. The van der Waals surface area contributed by atoms with Crippen molar-refractivity contribution in [1.82, 2.24) is 4.90 Å². The zero-order chi connectivity index (χ0) is 18.5. The second-order valence-corrected chi connectivity index (χ2v) is 7.68. The van der Waals surface area contributed by atoms with E-state index in [0.717, 1.165) is 30.9 Å². The maximum absolute atomic E-state index is 13.0. The first-order chi connectivity index (χ1) is 12.5. The molecule has 2 heterocycles. The summed E-state index contributed by atoms with van der Waals surface area (Å²) >= 11 is 6.19. The second kappa shape index (κ2) is 8.93. The SMILES string of the molecule is CC(C)CC1COCCN1C(=O)Nc1cc(Cl)ccc1N1CCOCC1. The molecule has 7 heteroatoms. The zero-order valence-electron chi connectivity index (χ0n) is 15.5. The van der Waals surface area contributed by atoms with Gasteiger partial charge < -0.3 is 24.6 Å². The Balaban J connectivity index is 1.76. The summed E-state index contributed by atoms with van der Waals surface area (Å²) in [6, 6.07) is 5.67. The lowest BCUT2D eigenvalue weighted by atomic mass is 10.0. The van der Waals surface area contributed by atoms with Crippen molar-refractivity contribution in [2.75, 3.05) is 56.3 Å². The third-order valence-electron chi connectivity index (χ3n) is 4.78. The number of carbonyl (C=O) groups is 1. The van der Waals surface area contributed by atoms with Crippen LogP contribution in [0, 0.1) is 5.92 Å². The number of hydrogen-bond donors (Lipinski definition) is 1. The first-order valence-corrected chi connectivity index (χ1v) is 9.70. The van der Waals surface area contributed by atoms with Crippen LogP contribution < -0.4 is 10.2 Å². The van der Waals surface area contributed by atoms with E-state index in [1.165, 1.54) is 0 Å². The van der Waals surface area contributed by atoms with Gasteiger partial charge in [0.25, 0.3) is 0 Å². The number of halogens is 1. The van der Waals surface area contributed by atoms with E-state index in [1.807, 2.05) is 23.1 Å². The molecule has 2 aliphatic rings. The summed E-state index contributed by atoms with van der Waals surface area (Å²) in [5.41, 5.74) is 1.74. The highest BCUT2D eigenvalue weighted by Crippen LogP contribution is 2.30. The van der Waals surface area contributed by atoms with Crippen LogP contribution in [0.15, 0.2) is 18.2 Å². The number of benzene rings is 1. The number of urea groups is 1. The van der Waals surface area contributed by atoms with Crippen LogP contribution in [0.4, 0.5) is 16.2 Å². The molecule has 0 radical (unpaired) electrons. The fourth-order valence-corrected chi connectivity index (χ4v) is 3.71. The standard InChI is InChI=1S/C19H28ClN3O3/c1-14(2)11-16-13-26-10-7-23(16)19(24)21-17-12-15(20)3-4-18(17)22-5-8-25-9-6-22/h3-4,12,14,16H,5-11,13H2,1-2H3,(H,21,24). The second-order valence-electron chi connectivity index (χ2n) is 7.24. The molecule has 26 heavy (non-hydrogen) atoms. The van der Waals surface area contributed by atoms with E-state index >= 15 is 0 Å². The summed E-state index contributed by atoms with van der Waals surface area (Å²) in [7, 11) is 0. The normalized spacial score (nSPS) is 21.2. The predicted octanol–water partition coefficient (Wildman–Crippen LogP) is 3.46. The molecule has 0 aliphatic carbocycles. The molecule has 144 valence electrons. The van der Waals surface area contributed by atoms with Gasteiger partial charge in [0.2, 0.25) is 0 Å². The number of nitrogens with zero attached hydrogens (tertiary/aromatic N) is 2. The van der Waals surface area contributed by atoms with Gasteiger partial charge in [-0.25, -0.2) is 4.79 Å². The van der Waals surface area contributed by atoms with Gasteiger partial charge in [0.1, 0.15) is 0 Å². The van der Waals surface area contributed by atoms with E-state index in [4.69, 9.17) is 21.1 Å². The van der Waals surface area contributed by atoms with Crippen LogP contribution in [-0.4, -0.2) is 63.0 Å². The number of carbonyl (C=O) groups excluding carboxylic acids is 1. The number of amides is 2. The molecule has 1 aromatic rings. The molecule has 6 nitrogen and oxygen atoms in total. The Morgan fingerprint density at radius 1 is 1.23 bits per heavy atom. The van der Waals surface area contributed by atoms with E-state index in [9.17, 15) is 4.79 Å². The summed E-state index contributed by atoms with van der Waals surface area (Å²) in [6.07, 6.45) is 0.930. The molecule has 2 fully saturated rings. The summed E-state index contributed by atoms with van der Waals surface area (Å²) in [5.74, 6) is 0.507. The van der Waals surface area contributed by atoms with Gasteiger partial charge in [-0.1, -0.05) is 25.4 Å². The van der Waals surface area contributed by atoms with E-state index < -0.39 is 0 Å². The summed E-state index contributed by atoms with van der Waals surface area (Å²) in [6.45, 7) is 9.10. The minimum atomic E-state index is -0.0873. The van der Waals surface area contributed by atoms with Crippen molar-refractivity contribution in [2.45, 2.75) is 26.3 Å². The smallest absolute Gasteiger partial charge is 0.322 e. The number of morpholine rings is 2.